The van der Waals surface area contributed by atoms with Crippen molar-refractivity contribution < 1.29 is 31.8 Å². The molecule has 1 unspecified atom stereocenters. The van der Waals surface area contributed by atoms with Gasteiger partial charge < -0.3 is 20.1 Å². The van der Waals surface area contributed by atoms with Crippen molar-refractivity contribution >= 4 is 17.4 Å². The predicted octanol–water partition coefficient (Wildman–Crippen LogP) is 4.34. The Bertz CT molecular complexity index is 977. The summed E-state index contributed by atoms with van der Waals surface area (Å²) < 4.78 is 62.9. The van der Waals surface area contributed by atoms with Crippen molar-refractivity contribution in [3.8, 4) is 11.5 Å². The van der Waals surface area contributed by atoms with Crippen LogP contribution in [0.2, 0.25) is 0 Å². The highest BCUT2D eigenvalue weighted by Gasteiger charge is 2.47. The number of amides is 1. The molecule has 2 heterocycles. The van der Waals surface area contributed by atoms with Crippen LogP contribution in [0.5, 0.6) is 11.5 Å². The normalized spacial score (nSPS) is 20.7. The number of nitrogens with zero attached hydrogens (tertiary/aromatic N) is 1. The second-order valence-corrected chi connectivity index (χ2v) is 7.69. The Hall–Kier alpha value is -3.04. The topological polar surface area (TPSA) is 72.5 Å². The van der Waals surface area contributed by atoms with Crippen LogP contribution >= 0.6 is 0 Å². The summed E-state index contributed by atoms with van der Waals surface area (Å²) in [6.45, 7) is 3.95. The Balaban J connectivity index is 1.67. The quantitative estimate of drug-likeness (QED) is 0.733. The number of halogens is 4. The van der Waals surface area contributed by atoms with Crippen LogP contribution in [0.4, 0.5) is 29.1 Å². The number of carbonyl (C=O) groups is 1. The molecule has 0 radical (unpaired) electrons. The van der Waals surface area contributed by atoms with Crippen LogP contribution in [0, 0.1) is 17.0 Å². The number of fused-ring (bicyclic) bond motifs is 1. The van der Waals surface area contributed by atoms with E-state index in [-0.39, 0.29) is 23.0 Å². The van der Waals surface area contributed by atoms with Gasteiger partial charge in [-0.3, -0.25) is 4.79 Å². The molecule has 1 saturated carbocycles. The number of aromatic nitrogens is 1. The molecular formula is C19H17F4N3O3. The maximum absolute atomic E-state index is 13.6. The van der Waals surface area contributed by atoms with E-state index in [0.717, 1.165) is 31.0 Å². The highest BCUT2D eigenvalue weighted by molar-refractivity contribution is 5.97. The smallest absolute Gasteiger partial charge is 0.395 e. The molecule has 1 aromatic heterocycles. The van der Waals surface area contributed by atoms with Gasteiger partial charge in [-0.05, 0) is 30.4 Å². The van der Waals surface area contributed by atoms with Crippen LogP contribution < -0.4 is 20.1 Å². The molecule has 1 aliphatic heterocycles. The standard InChI is InChI=1S/C19H17F4N3O3/c1-18(2)4-3-13(18)25-17(27)15-16-12(28-19(22,23)29-16)8-14(26-15)24-11-6-9(20)5-10(21)7-11/h5-8,13H,3-4H2,1-2H3,(H,24,26)(H,25,27). The van der Waals surface area contributed by atoms with Gasteiger partial charge in [0.05, 0.1) is 0 Å². The van der Waals surface area contributed by atoms with E-state index in [1.165, 1.54) is 0 Å². The number of benzene rings is 1. The van der Waals surface area contributed by atoms with Crippen LogP contribution in [0.1, 0.15) is 37.2 Å². The molecule has 1 amide bonds. The van der Waals surface area contributed by atoms with Gasteiger partial charge in [-0.2, -0.15) is 0 Å². The van der Waals surface area contributed by atoms with Gasteiger partial charge in [0.1, 0.15) is 17.5 Å². The highest BCUT2D eigenvalue weighted by Crippen LogP contribution is 2.45. The average Bonchev–Trinajstić information content (AvgIpc) is 2.90. The van der Waals surface area contributed by atoms with Crippen LogP contribution in [-0.4, -0.2) is 23.2 Å². The number of pyridine rings is 1. The monoisotopic (exact) mass is 411 g/mol. The lowest BCUT2D eigenvalue weighted by Gasteiger charge is -2.44. The van der Waals surface area contributed by atoms with Gasteiger partial charge in [-0.15, -0.1) is 8.78 Å². The number of hydrogen-bond acceptors (Lipinski definition) is 5. The molecule has 1 aliphatic carbocycles. The summed E-state index contributed by atoms with van der Waals surface area (Å²) in [5.41, 5.74) is -0.566. The fourth-order valence-corrected chi connectivity index (χ4v) is 3.30. The molecule has 29 heavy (non-hydrogen) atoms. The number of nitrogens with one attached hydrogen (secondary N) is 2. The molecular weight excluding hydrogens is 394 g/mol. The van der Waals surface area contributed by atoms with E-state index in [4.69, 9.17) is 0 Å². The molecule has 0 saturated heterocycles. The minimum atomic E-state index is -3.96. The minimum Gasteiger partial charge on any atom is -0.395 e. The van der Waals surface area contributed by atoms with E-state index in [2.05, 4.69) is 25.1 Å². The molecule has 1 atom stereocenters. The average molecular weight is 411 g/mol. The SMILES string of the molecule is CC1(C)CCC1NC(=O)c1nc(Nc2cc(F)cc(F)c2)cc2c1OC(F)(F)O2. The number of rotatable bonds is 4. The number of ether oxygens (including phenoxy) is 2. The van der Waals surface area contributed by atoms with E-state index in [9.17, 15) is 22.4 Å². The van der Waals surface area contributed by atoms with Crippen LogP contribution in [0.25, 0.3) is 0 Å². The Labute approximate surface area is 163 Å². The van der Waals surface area contributed by atoms with E-state index in [1.54, 1.807) is 0 Å². The number of alkyl halides is 2. The third-order valence-electron chi connectivity index (χ3n) is 5.06. The summed E-state index contributed by atoms with van der Waals surface area (Å²) in [6.07, 6.45) is -2.30. The van der Waals surface area contributed by atoms with Crippen LogP contribution in [0.3, 0.4) is 0 Å². The van der Waals surface area contributed by atoms with Crippen molar-refractivity contribution in [1.82, 2.24) is 10.3 Å². The first-order valence-electron chi connectivity index (χ1n) is 8.87. The first-order valence-corrected chi connectivity index (χ1v) is 8.87. The zero-order valence-corrected chi connectivity index (χ0v) is 15.5. The number of carbonyl (C=O) groups excluding carboxylic acids is 1. The maximum atomic E-state index is 13.6. The summed E-state index contributed by atoms with van der Waals surface area (Å²) in [5.74, 6) is -3.43. The summed E-state index contributed by atoms with van der Waals surface area (Å²) >= 11 is 0. The Kier molecular flexibility index (Phi) is 4.32. The van der Waals surface area contributed by atoms with Crippen molar-refractivity contribution in [3.05, 3.63) is 41.6 Å². The molecule has 1 fully saturated rings. The lowest BCUT2D eigenvalue weighted by molar-refractivity contribution is -0.286. The van der Waals surface area contributed by atoms with Gasteiger partial charge in [0, 0.05) is 23.9 Å². The zero-order valence-electron chi connectivity index (χ0n) is 15.5. The molecule has 2 aromatic rings. The number of hydrogen-bond donors (Lipinski definition) is 2. The first kappa shape index (κ1) is 19.3. The summed E-state index contributed by atoms with van der Waals surface area (Å²) in [6, 6.07) is 3.56. The van der Waals surface area contributed by atoms with Crippen molar-refractivity contribution in [3.63, 3.8) is 0 Å². The third-order valence-corrected chi connectivity index (χ3v) is 5.06. The molecule has 10 heteroatoms. The Morgan fingerprint density at radius 1 is 1.14 bits per heavy atom. The second-order valence-electron chi connectivity index (χ2n) is 7.69. The number of anilines is 2. The maximum Gasteiger partial charge on any atom is 0.586 e. The van der Waals surface area contributed by atoms with Gasteiger partial charge >= 0.3 is 6.29 Å². The largest absolute Gasteiger partial charge is 0.586 e. The van der Waals surface area contributed by atoms with E-state index in [0.29, 0.717) is 6.07 Å². The lowest BCUT2D eigenvalue weighted by Crippen LogP contribution is -2.52. The van der Waals surface area contributed by atoms with Crippen LogP contribution in [0.15, 0.2) is 24.3 Å². The predicted molar refractivity (Wildman–Crippen MR) is 94.3 cm³/mol. The third kappa shape index (κ3) is 3.79. The molecule has 0 bridgehead atoms. The van der Waals surface area contributed by atoms with Gasteiger partial charge in [0.25, 0.3) is 5.91 Å². The summed E-state index contributed by atoms with van der Waals surface area (Å²) in [5, 5.41) is 5.34. The zero-order chi connectivity index (χ0) is 21.0. The van der Waals surface area contributed by atoms with Crippen molar-refractivity contribution in [2.24, 2.45) is 5.41 Å². The highest BCUT2D eigenvalue weighted by atomic mass is 19.3. The van der Waals surface area contributed by atoms with Gasteiger partial charge in [0.2, 0.25) is 5.75 Å². The molecule has 4 rings (SSSR count). The van der Waals surface area contributed by atoms with Crippen molar-refractivity contribution in [2.75, 3.05) is 5.32 Å². The summed E-state index contributed by atoms with van der Waals surface area (Å²) in [4.78, 5) is 16.7. The van der Waals surface area contributed by atoms with Gasteiger partial charge in [-0.25, -0.2) is 13.8 Å². The Morgan fingerprint density at radius 3 is 2.41 bits per heavy atom. The van der Waals surface area contributed by atoms with E-state index < -0.39 is 41.0 Å². The molecule has 0 spiro atoms. The fraction of sp³-hybridized carbons (Fsp3) is 0.368. The van der Waals surface area contributed by atoms with Crippen molar-refractivity contribution in [2.45, 2.75) is 39.0 Å². The molecule has 2 N–H and O–H groups in total. The lowest BCUT2D eigenvalue weighted by atomic mass is 9.67. The van der Waals surface area contributed by atoms with E-state index in [1.807, 2.05) is 13.8 Å². The first-order chi connectivity index (χ1) is 13.5. The van der Waals surface area contributed by atoms with Crippen molar-refractivity contribution in [1.29, 1.82) is 0 Å². The van der Waals surface area contributed by atoms with Crippen LogP contribution in [-0.2, 0) is 0 Å². The van der Waals surface area contributed by atoms with E-state index >= 15 is 0 Å². The molecule has 1 aromatic carbocycles. The fourth-order valence-electron chi connectivity index (χ4n) is 3.30. The summed E-state index contributed by atoms with van der Waals surface area (Å²) in [7, 11) is 0. The molecule has 154 valence electrons. The minimum absolute atomic E-state index is 0.0212. The van der Waals surface area contributed by atoms with Gasteiger partial charge in [0.15, 0.2) is 11.4 Å². The molecule has 2 aliphatic rings. The Morgan fingerprint density at radius 2 is 1.83 bits per heavy atom. The molecule has 6 nitrogen and oxygen atoms in total. The van der Waals surface area contributed by atoms with Gasteiger partial charge in [-0.1, -0.05) is 13.8 Å². The second kappa shape index (κ2) is 6.50.